The SMILES string of the molecule is CCCCc1ccc(-n2nnnc2SCC(=O)NCCC)cc1. The highest BCUT2D eigenvalue weighted by Gasteiger charge is 2.11. The predicted octanol–water partition coefficient (Wildman–Crippen LogP) is 2.62. The van der Waals surface area contributed by atoms with Crippen molar-refractivity contribution >= 4 is 17.7 Å². The Morgan fingerprint density at radius 2 is 2.00 bits per heavy atom. The minimum Gasteiger partial charge on any atom is -0.355 e. The lowest BCUT2D eigenvalue weighted by Crippen LogP contribution is -2.25. The Bertz CT molecular complexity index is 611. The normalized spacial score (nSPS) is 10.7. The molecule has 2 rings (SSSR count). The molecule has 7 heteroatoms. The third-order valence-corrected chi connectivity index (χ3v) is 4.26. The van der Waals surface area contributed by atoms with Crippen molar-refractivity contribution in [3.63, 3.8) is 0 Å². The molecule has 0 aliphatic heterocycles. The van der Waals surface area contributed by atoms with Crippen LogP contribution in [0.2, 0.25) is 0 Å². The lowest BCUT2D eigenvalue weighted by atomic mass is 10.1. The fourth-order valence-corrected chi connectivity index (χ4v) is 2.78. The first-order chi connectivity index (χ1) is 11.2. The lowest BCUT2D eigenvalue weighted by Gasteiger charge is -2.06. The topological polar surface area (TPSA) is 72.7 Å². The average molecular weight is 333 g/mol. The van der Waals surface area contributed by atoms with Crippen LogP contribution in [0.4, 0.5) is 0 Å². The van der Waals surface area contributed by atoms with E-state index in [0.29, 0.717) is 17.5 Å². The van der Waals surface area contributed by atoms with Crippen LogP contribution < -0.4 is 5.32 Å². The number of nitrogens with zero attached hydrogens (tertiary/aromatic N) is 4. The van der Waals surface area contributed by atoms with Gasteiger partial charge in [0, 0.05) is 6.54 Å². The molecule has 1 aromatic carbocycles. The Balaban J connectivity index is 1.98. The number of carbonyl (C=O) groups is 1. The van der Waals surface area contributed by atoms with Gasteiger partial charge < -0.3 is 5.32 Å². The number of nitrogens with one attached hydrogen (secondary N) is 1. The molecule has 2 aromatic rings. The maximum atomic E-state index is 11.7. The van der Waals surface area contributed by atoms with Crippen molar-refractivity contribution in [2.45, 2.75) is 44.7 Å². The molecule has 0 aliphatic carbocycles. The van der Waals surface area contributed by atoms with E-state index in [-0.39, 0.29) is 5.91 Å². The number of hydrogen-bond acceptors (Lipinski definition) is 5. The van der Waals surface area contributed by atoms with Crippen LogP contribution in [-0.2, 0) is 11.2 Å². The van der Waals surface area contributed by atoms with Crippen molar-refractivity contribution in [2.24, 2.45) is 0 Å². The summed E-state index contributed by atoms with van der Waals surface area (Å²) < 4.78 is 1.67. The van der Waals surface area contributed by atoms with Gasteiger partial charge in [-0.2, -0.15) is 4.68 Å². The first-order valence-corrected chi connectivity index (χ1v) is 9.00. The molecule has 124 valence electrons. The summed E-state index contributed by atoms with van der Waals surface area (Å²) in [6.45, 7) is 4.91. The Morgan fingerprint density at radius 1 is 1.22 bits per heavy atom. The monoisotopic (exact) mass is 333 g/mol. The molecule has 0 bridgehead atoms. The van der Waals surface area contributed by atoms with Gasteiger partial charge in [-0.25, -0.2) is 0 Å². The van der Waals surface area contributed by atoms with E-state index in [2.05, 4.69) is 39.9 Å². The Kier molecular flexibility index (Phi) is 7.06. The van der Waals surface area contributed by atoms with Crippen LogP contribution >= 0.6 is 11.8 Å². The van der Waals surface area contributed by atoms with Gasteiger partial charge in [0.25, 0.3) is 0 Å². The second-order valence-corrected chi connectivity index (χ2v) is 6.22. The maximum Gasteiger partial charge on any atom is 0.230 e. The first-order valence-electron chi connectivity index (χ1n) is 8.01. The third-order valence-electron chi connectivity index (χ3n) is 3.35. The summed E-state index contributed by atoms with van der Waals surface area (Å²) >= 11 is 1.34. The zero-order chi connectivity index (χ0) is 16.5. The molecule has 1 amide bonds. The van der Waals surface area contributed by atoms with E-state index in [1.165, 1.54) is 30.2 Å². The molecule has 0 aliphatic rings. The van der Waals surface area contributed by atoms with E-state index in [0.717, 1.165) is 18.5 Å². The minimum absolute atomic E-state index is 0.00122. The average Bonchev–Trinajstić information content (AvgIpc) is 3.05. The second-order valence-electron chi connectivity index (χ2n) is 5.28. The number of benzene rings is 1. The van der Waals surface area contributed by atoms with Crippen LogP contribution in [0.15, 0.2) is 29.4 Å². The van der Waals surface area contributed by atoms with Crippen molar-refractivity contribution in [3.05, 3.63) is 29.8 Å². The van der Waals surface area contributed by atoms with E-state index in [1.54, 1.807) is 4.68 Å². The fourth-order valence-electron chi connectivity index (χ4n) is 2.06. The van der Waals surface area contributed by atoms with Crippen molar-refractivity contribution in [1.82, 2.24) is 25.5 Å². The molecule has 0 unspecified atom stereocenters. The summed E-state index contributed by atoms with van der Waals surface area (Å²) in [7, 11) is 0. The molecule has 0 saturated heterocycles. The number of hydrogen-bond donors (Lipinski definition) is 1. The Labute approximate surface area is 141 Å². The van der Waals surface area contributed by atoms with Crippen LogP contribution in [0.25, 0.3) is 5.69 Å². The minimum atomic E-state index is 0.00122. The van der Waals surface area contributed by atoms with Crippen LogP contribution in [-0.4, -0.2) is 38.4 Å². The summed E-state index contributed by atoms with van der Waals surface area (Å²) in [6, 6.07) is 8.25. The van der Waals surface area contributed by atoms with Gasteiger partial charge in [-0.05, 0) is 47.4 Å². The highest BCUT2D eigenvalue weighted by molar-refractivity contribution is 7.99. The van der Waals surface area contributed by atoms with Crippen molar-refractivity contribution in [1.29, 1.82) is 0 Å². The molecule has 23 heavy (non-hydrogen) atoms. The maximum absolute atomic E-state index is 11.7. The van der Waals surface area contributed by atoms with Crippen molar-refractivity contribution in [2.75, 3.05) is 12.3 Å². The largest absolute Gasteiger partial charge is 0.355 e. The molecule has 0 saturated carbocycles. The third kappa shape index (κ3) is 5.35. The number of aryl methyl sites for hydroxylation is 1. The number of tetrazole rings is 1. The van der Waals surface area contributed by atoms with E-state index in [9.17, 15) is 4.79 Å². The van der Waals surface area contributed by atoms with Gasteiger partial charge in [0.15, 0.2) is 0 Å². The molecule has 1 N–H and O–H groups in total. The number of carbonyl (C=O) groups excluding carboxylic acids is 1. The van der Waals surface area contributed by atoms with Crippen molar-refractivity contribution in [3.8, 4) is 5.69 Å². The van der Waals surface area contributed by atoms with Crippen LogP contribution in [0.5, 0.6) is 0 Å². The van der Waals surface area contributed by atoms with Crippen LogP contribution in [0.3, 0.4) is 0 Å². The molecule has 0 radical (unpaired) electrons. The highest BCUT2D eigenvalue weighted by Crippen LogP contribution is 2.18. The van der Waals surface area contributed by atoms with Gasteiger partial charge >= 0.3 is 0 Å². The highest BCUT2D eigenvalue weighted by atomic mass is 32.2. The van der Waals surface area contributed by atoms with Crippen LogP contribution in [0, 0.1) is 0 Å². The summed E-state index contributed by atoms with van der Waals surface area (Å²) in [5.74, 6) is 0.316. The van der Waals surface area contributed by atoms with Gasteiger partial charge in [0.1, 0.15) is 0 Å². The summed E-state index contributed by atoms with van der Waals surface area (Å²) in [6.07, 6.45) is 4.40. The molecule has 1 heterocycles. The molecule has 6 nitrogen and oxygen atoms in total. The summed E-state index contributed by atoms with van der Waals surface area (Å²) in [5.41, 5.74) is 2.23. The van der Waals surface area contributed by atoms with Gasteiger partial charge in [-0.1, -0.05) is 44.2 Å². The van der Waals surface area contributed by atoms with Gasteiger partial charge in [-0.15, -0.1) is 5.10 Å². The van der Waals surface area contributed by atoms with Gasteiger partial charge in [-0.3, -0.25) is 4.79 Å². The standard InChI is InChI=1S/C16H23N5OS/c1-3-5-6-13-7-9-14(10-8-13)21-16(18-19-20-21)23-12-15(22)17-11-4-2/h7-10H,3-6,11-12H2,1-2H3,(H,17,22). The fraction of sp³-hybridized carbons (Fsp3) is 0.500. The van der Waals surface area contributed by atoms with Gasteiger partial charge in [0.05, 0.1) is 11.4 Å². The Morgan fingerprint density at radius 3 is 2.70 bits per heavy atom. The quantitative estimate of drug-likeness (QED) is 0.714. The molecule has 0 spiro atoms. The zero-order valence-corrected chi connectivity index (χ0v) is 14.5. The zero-order valence-electron chi connectivity index (χ0n) is 13.7. The summed E-state index contributed by atoms with van der Waals surface area (Å²) in [5, 5.41) is 15.2. The predicted molar refractivity (Wildman–Crippen MR) is 91.8 cm³/mol. The van der Waals surface area contributed by atoms with E-state index in [4.69, 9.17) is 0 Å². The van der Waals surface area contributed by atoms with E-state index >= 15 is 0 Å². The number of unbranched alkanes of at least 4 members (excludes halogenated alkanes) is 1. The lowest BCUT2D eigenvalue weighted by molar-refractivity contribution is -0.118. The Hall–Kier alpha value is -1.89. The molecular formula is C16H23N5OS. The number of amides is 1. The van der Waals surface area contributed by atoms with Gasteiger partial charge in [0.2, 0.25) is 11.1 Å². The molecule has 1 aromatic heterocycles. The molecule has 0 fully saturated rings. The van der Waals surface area contributed by atoms with E-state index < -0.39 is 0 Å². The first kappa shape index (κ1) is 17.5. The number of rotatable bonds is 9. The number of aromatic nitrogens is 4. The number of thioether (sulfide) groups is 1. The van der Waals surface area contributed by atoms with Crippen LogP contribution in [0.1, 0.15) is 38.7 Å². The second kappa shape index (κ2) is 9.29. The van der Waals surface area contributed by atoms with Crippen molar-refractivity contribution < 1.29 is 4.79 Å². The smallest absolute Gasteiger partial charge is 0.230 e. The molecular weight excluding hydrogens is 310 g/mol. The van der Waals surface area contributed by atoms with E-state index in [1.807, 2.05) is 19.1 Å². The molecule has 0 atom stereocenters. The summed E-state index contributed by atoms with van der Waals surface area (Å²) in [4.78, 5) is 11.7.